The average molecular weight is 300 g/mol. The van der Waals surface area contributed by atoms with Gasteiger partial charge < -0.3 is 4.74 Å². The Morgan fingerprint density at radius 2 is 1.73 bits per heavy atom. The van der Waals surface area contributed by atoms with E-state index in [2.05, 4.69) is 0 Å². The van der Waals surface area contributed by atoms with Crippen molar-refractivity contribution in [3.8, 4) is 11.1 Å². The van der Waals surface area contributed by atoms with Crippen molar-refractivity contribution in [1.82, 2.24) is 0 Å². The molecule has 3 heteroatoms. The van der Waals surface area contributed by atoms with Crippen LogP contribution in [0.25, 0.3) is 11.1 Å². The van der Waals surface area contributed by atoms with Gasteiger partial charge in [0.05, 0.1) is 5.92 Å². The van der Waals surface area contributed by atoms with Crippen LogP contribution in [0.2, 0.25) is 0 Å². The van der Waals surface area contributed by atoms with E-state index in [0.29, 0.717) is 11.1 Å². The fourth-order valence-corrected chi connectivity index (χ4v) is 2.18. The summed E-state index contributed by atoms with van der Waals surface area (Å²) in [4.78, 5) is 12.1. The van der Waals surface area contributed by atoms with Crippen molar-refractivity contribution in [2.75, 3.05) is 0 Å². The summed E-state index contributed by atoms with van der Waals surface area (Å²) in [5, 5.41) is 0. The van der Waals surface area contributed by atoms with E-state index in [-0.39, 0.29) is 11.8 Å². The van der Waals surface area contributed by atoms with Crippen LogP contribution in [0.5, 0.6) is 0 Å². The van der Waals surface area contributed by atoms with E-state index >= 15 is 0 Å². The maximum absolute atomic E-state index is 14.3. The quantitative estimate of drug-likeness (QED) is 0.751. The van der Waals surface area contributed by atoms with Gasteiger partial charge in [-0.05, 0) is 44.9 Å². The molecule has 0 radical (unpaired) electrons. The Hall–Kier alpha value is -2.16. The highest BCUT2D eigenvalue weighted by atomic mass is 19.1. The molecule has 0 unspecified atom stereocenters. The summed E-state index contributed by atoms with van der Waals surface area (Å²) in [7, 11) is 0. The second kappa shape index (κ2) is 6.30. The minimum absolute atomic E-state index is 0.334. The molecule has 0 aliphatic carbocycles. The van der Waals surface area contributed by atoms with Gasteiger partial charge >= 0.3 is 5.97 Å². The molecule has 0 heterocycles. The predicted molar refractivity (Wildman–Crippen MR) is 86.1 cm³/mol. The minimum Gasteiger partial charge on any atom is -0.460 e. The fourth-order valence-electron chi connectivity index (χ4n) is 2.18. The third kappa shape index (κ3) is 3.94. The summed E-state index contributed by atoms with van der Waals surface area (Å²) < 4.78 is 19.7. The van der Waals surface area contributed by atoms with Crippen molar-refractivity contribution >= 4 is 5.97 Å². The number of hydrogen-bond acceptors (Lipinski definition) is 2. The molecule has 22 heavy (non-hydrogen) atoms. The Morgan fingerprint density at radius 1 is 1.09 bits per heavy atom. The van der Waals surface area contributed by atoms with Gasteiger partial charge in [-0.25, -0.2) is 4.39 Å². The van der Waals surface area contributed by atoms with E-state index in [1.165, 1.54) is 6.07 Å². The first-order valence-corrected chi connectivity index (χ1v) is 7.35. The lowest BCUT2D eigenvalue weighted by Gasteiger charge is -2.22. The van der Waals surface area contributed by atoms with Crippen LogP contribution in [0.3, 0.4) is 0 Å². The lowest BCUT2D eigenvalue weighted by Crippen LogP contribution is -2.26. The third-order valence-electron chi connectivity index (χ3n) is 3.34. The molecule has 0 amide bonds. The molecule has 0 aliphatic rings. The van der Waals surface area contributed by atoms with Crippen LogP contribution in [0, 0.1) is 5.82 Å². The number of carbonyl (C=O) groups is 1. The SMILES string of the molecule is C[C@H](C(=O)OC(C)(C)C)c1ccc(-c2ccccc2)c(F)c1. The summed E-state index contributed by atoms with van der Waals surface area (Å²) >= 11 is 0. The largest absolute Gasteiger partial charge is 0.460 e. The monoisotopic (exact) mass is 300 g/mol. The summed E-state index contributed by atoms with van der Waals surface area (Å²) in [5.41, 5.74) is 1.41. The first-order chi connectivity index (χ1) is 10.3. The summed E-state index contributed by atoms with van der Waals surface area (Å²) in [6, 6.07) is 14.2. The van der Waals surface area contributed by atoms with Gasteiger partial charge in [-0.1, -0.05) is 42.5 Å². The highest BCUT2D eigenvalue weighted by Crippen LogP contribution is 2.27. The molecule has 2 nitrogen and oxygen atoms in total. The molecule has 2 aromatic rings. The molecular weight excluding hydrogens is 279 g/mol. The van der Waals surface area contributed by atoms with Gasteiger partial charge in [-0.2, -0.15) is 0 Å². The Bertz CT molecular complexity index is 657. The van der Waals surface area contributed by atoms with Crippen LogP contribution in [-0.4, -0.2) is 11.6 Å². The number of ether oxygens (including phenoxy) is 1. The molecule has 0 aromatic heterocycles. The lowest BCUT2D eigenvalue weighted by atomic mass is 9.97. The Balaban J connectivity index is 2.24. The van der Waals surface area contributed by atoms with Gasteiger partial charge in [0.25, 0.3) is 0 Å². The van der Waals surface area contributed by atoms with Crippen molar-refractivity contribution in [2.24, 2.45) is 0 Å². The average Bonchev–Trinajstić information content (AvgIpc) is 2.45. The van der Waals surface area contributed by atoms with Crippen LogP contribution in [-0.2, 0) is 9.53 Å². The van der Waals surface area contributed by atoms with Crippen LogP contribution in [0.15, 0.2) is 48.5 Å². The van der Waals surface area contributed by atoms with Crippen molar-refractivity contribution in [3.63, 3.8) is 0 Å². The van der Waals surface area contributed by atoms with Crippen LogP contribution < -0.4 is 0 Å². The first kappa shape index (κ1) is 16.2. The van der Waals surface area contributed by atoms with Gasteiger partial charge in [0.1, 0.15) is 11.4 Å². The summed E-state index contributed by atoms with van der Waals surface area (Å²) in [6.45, 7) is 7.18. The molecule has 0 saturated carbocycles. The van der Waals surface area contributed by atoms with Crippen LogP contribution >= 0.6 is 0 Å². The second-order valence-corrected chi connectivity index (χ2v) is 6.36. The predicted octanol–water partition coefficient (Wildman–Crippen LogP) is 4.94. The molecule has 0 fully saturated rings. The van der Waals surface area contributed by atoms with Crippen molar-refractivity contribution < 1.29 is 13.9 Å². The fraction of sp³-hybridized carbons (Fsp3) is 0.316. The highest BCUT2D eigenvalue weighted by Gasteiger charge is 2.23. The first-order valence-electron chi connectivity index (χ1n) is 7.35. The number of hydrogen-bond donors (Lipinski definition) is 0. The molecule has 2 aromatic carbocycles. The van der Waals surface area contributed by atoms with Gasteiger partial charge in [-0.3, -0.25) is 4.79 Å². The number of benzene rings is 2. The van der Waals surface area contributed by atoms with E-state index < -0.39 is 11.5 Å². The molecular formula is C19H21FO2. The van der Waals surface area contributed by atoms with Crippen LogP contribution in [0.4, 0.5) is 4.39 Å². The smallest absolute Gasteiger partial charge is 0.313 e. The Morgan fingerprint density at radius 3 is 2.27 bits per heavy atom. The van der Waals surface area contributed by atoms with Gasteiger partial charge in [0, 0.05) is 5.56 Å². The highest BCUT2D eigenvalue weighted by molar-refractivity contribution is 5.78. The van der Waals surface area contributed by atoms with Crippen LogP contribution in [0.1, 0.15) is 39.2 Å². The zero-order valence-corrected chi connectivity index (χ0v) is 13.4. The molecule has 0 N–H and O–H groups in total. The zero-order valence-electron chi connectivity index (χ0n) is 13.4. The molecule has 2 rings (SSSR count). The normalized spacial score (nSPS) is 12.8. The van der Waals surface area contributed by atoms with E-state index in [1.807, 2.05) is 51.1 Å². The molecule has 0 aliphatic heterocycles. The molecule has 116 valence electrons. The van der Waals surface area contributed by atoms with Gasteiger partial charge in [0.15, 0.2) is 0 Å². The van der Waals surface area contributed by atoms with Gasteiger partial charge in [-0.15, -0.1) is 0 Å². The lowest BCUT2D eigenvalue weighted by molar-refractivity contribution is -0.156. The van der Waals surface area contributed by atoms with E-state index in [9.17, 15) is 9.18 Å². The summed E-state index contributed by atoms with van der Waals surface area (Å²) in [6.07, 6.45) is 0. The topological polar surface area (TPSA) is 26.3 Å². The number of esters is 1. The maximum Gasteiger partial charge on any atom is 0.313 e. The minimum atomic E-state index is -0.548. The van der Waals surface area contributed by atoms with Crippen molar-refractivity contribution in [2.45, 2.75) is 39.2 Å². The molecule has 0 bridgehead atoms. The van der Waals surface area contributed by atoms with Gasteiger partial charge in [0.2, 0.25) is 0 Å². The number of halogens is 1. The Labute approximate surface area is 130 Å². The number of carbonyl (C=O) groups excluding carboxylic acids is 1. The standard InChI is InChI=1S/C19H21FO2/c1-13(18(21)22-19(2,3)4)15-10-11-16(17(20)12-15)14-8-6-5-7-9-14/h5-13H,1-4H3/t13-/m0/s1. The van der Waals surface area contributed by atoms with E-state index in [0.717, 1.165) is 5.56 Å². The maximum atomic E-state index is 14.3. The van der Waals surface area contributed by atoms with Crippen molar-refractivity contribution in [3.05, 3.63) is 59.9 Å². The zero-order chi connectivity index (χ0) is 16.3. The molecule has 0 saturated heterocycles. The third-order valence-corrected chi connectivity index (χ3v) is 3.34. The van der Waals surface area contributed by atoms with Crippen molar-refractivity contribution in [1.29, 1.82) is 0 Å². The number of rotatable bonds is 3. The molecule has 1 atom stereocenters. The molecule has 0 spiro atoms. The Kier molecular flexibility index (Phi) is 4.65. The van der Waals surface area contributed by atoms with E-state index in [4.69, 9.17) is 4.74 Å². The summed E-state index contributed by atoms with van der Waals surface area (Å²) in [5.74, 6) is -1.18. The second-order valence-electron chi connectivity index (χ2n) is 6.36. The van der Waals surface area contributed by atoms with E-state index in [1.54, 1.807) is 19.1 Å².